The maximum atomic E-state index is 4.24. The molecule has 1 heterocycles. The van der Waals surface area contributed by atoms with Gasteiger partial charge in [0.25, 0.3) is 0 Å². The summed E-state index contributed by atoms with van der Waals surface area (Å²) in [7, 11) is 1.67. The zero-order valence-corrected chi connectivity index (χ0v) is 14.8. The summed E-state index contributed by atoms with van der Waals surface area (Å²) in [6, 6.07) is 0. The molecule has 0 radical (unpaired) electrons. The highest BCUT2D eigenvalue weighted by atomic mass is 33.1. The minimum atomic E-state index is 0.677. The van der Waals surface area contributed by atoms with Crippen LogP contribution in [0.1, 0.15) is 65.0 Å². The number of unbranched alkanes of at least 4 members (excludes halogenated alkanes) is 3. The van der Waals surface area contributed by atoms with Crippen molar-refractivity contribution in [3.8, 4) is 0 Å². The average Bonchev–Trinajstić information content (AvgIpc) is 2.87. The van der Waals surface area contributed by atoms with Crippen LogP contribution < -0.4 is 0 Å². The lowest BCUT2D eigenvalue weighted by molar-refractivity contribution is 0.491. The molecule has 5 heteroatoms. The summed E-state index contributed by atoms with van der Waals surface area (Å²) >= 11 is 4.24. The maximum Gasteiger partial charge on any atom is 0.0725 e. The molecule has 0 aliphatic heterocycles. The fraction of sp³-hybridized carbons (Fsp3) is 0.867. The second-order valence-electron chi connectivity index (χ2n) is 6.00. The zero-order chi connectivity index (χ0) is 14.8. The Kier molecular flexibility index (Phi) is 9.44. The monoisotopic (exact) mass is 315 g/mol. The molecule has 3 nitrogen and oxygen atoms in total. The molecule has 1 atom stereocenters. The number of thiol groups is 1. The number of hydrogen-bond donors (Lipinski definition) is 1. The van der Waals surface area contributed by atoms with Gasteiger partial charge in [0.2, 0.25) is 0 Å². The molecule has 0 saturated heterocycles. The van der Waals surface area contributed by atoms with E-state index in [0.29, 0.717) is 5.25 Å². The quantitative estimate of drug-likeness (QED) is 0.362. The van der Waals surface area contributed by atoms with Crippen molar-refractivity contribution in [3.63, 3.8) is 0 Å². The van der Waals surface area contributed by atoms with Gasteiger partial charge in [-0.2, -0.15) is 0 Å². The summed E-state index contributed by atoms with van der Waals surface area (Å²) < 4.78 is 2.09. The minimum absolute atomic E-state index is 0.677. The van der Waals surface area contributed by atoms with E-state index in [9.17, 15) is 0 Å². The van der Waals surface area contributed by atoms with Gasteiger partial charge in [-0.25, -0.2) is 4.68 Å². The van der Waals surface area contributed by atoms with Crippen molar-refractivity contribution < 1.29 is 0 Å². The summed E-state index contributed by atoms with van der Waals surface area (Å²) in [5.74, 6) is 0.741. The maximum absolute atomic E-state index is 4.24. The van der Waals surface area contributed by atoms with Gasteiger partial charge in [-0.1, -0.05) is 56.0 Å². The van der Waals surface area contributed by atoms with Gasteiger partial charge in [0.15, 0.2) is 0 Å². The average molecular weight is 316 g/mol. The largest absolute Gasteiger partial charge is 0.249 e. The lowest BCUT2D eigenvalue weighted by Gasteiger charge is -2.08. The Morgan fingerprint density at radius 3 is 2.60 bits per heavy atom. The molecule has 20 heavy (non-hydrogen) atoms. The Labute approximate surface area is 133 Å². The van der Waals surface area contributed by atoms with E-state index in [1.165, 1.54) is 44.2 Å². The molecule has 1 unspecified atom stereocenters. The van der Waals surface area contributed by atoms with Crippen molar-refractivity contribution in [3.05, 3.63) is 11.9 Å². The van der Waals surface area contributed by atoms with Gasteiger partial charge >= 0.3 is 0 Å². The van der Waals surface area contributed by atoms with E-state index in [-0.39, 0.29) is 0 Å². The standard InChI is InChI=1S/C15H29N3S2/c1-13(2)9-10-15-12-16-17-18(15)11-7-5-4-6-8-14(3)20-19/h12-14,19H,4-11H2,1-3H3. The predicted octanol–water partition coefficient (Wildman–Crippen LogP) is 4.78. The van der Waals surface area contributed by atoms with Crippen LogP contribution >= 0.6 is 22.5 Å². The van der Waals surface area contributed by atoms with E-state index in [0.717, 1.165) is 18.9 Å². The van der Waals surface area contributed by atoms with Crippen LogP contribution in [0.25, 0.3) is 0 Å². The van der Waals surface area contributed by atoms with E-state index in [2.05, 4.69) is 47.4 Å². The Balaban J connectivity index is 2.14. The van der Waals surface area contributed by atoms with Crippen LogP contribution in [0.5, 0.6) is 0 Å². The van der Waals surface area contributed by atoms with Gasteiger partial charge in [0, 0.05) is 11.8 Å². The third kappa shape index (κ3) is 7.58. The van der Waals surface area contributed by atoms with Crippen molar-refractivity contribution in [2.24, 2.45) is 5.92 Å². The first kappa shape index (κ1) is 17.9. The molecule has 116 valence electrons. The molecule has 0 N–H and O–H groups in total. The number of aryl methyl sites for hydroxylation is 2. The van der Waals surface area contributed by atoms with Crippen molar-refractivity contribution in [1.82, 2.24) is 15.0 Å². The fourth-order valence-corrected chi connectivity index (χ4v) is 2.79. The van der Waals surface area contributed by atoms with Gasteiger partial charge in [0.05, 0.1) is 11.9 Å². The molecule has 1 aromatic heterocycles. The molecule has 0 fully saturated rings. The molecule has 0 bridgehead atoms. The summed E-state index contributed by atoms with van der Waals surface area (Å²) in [6.45, 7) is 7.79. The normalized spacial score (nSPS) is 13.1. The second kappa shape index (κ2) is 10.6. The molecular formula is C15H29N3S2. The highest BCUT2D eigenvalue weighted by Crippen LogP contribution is 2.20. The molecule has 0 amide bonds. The van der Waals surface area contributed by atoms with Crippen LogP contribution in [0.4, 0.5) is 0 Å². The molecule has 0 saturated carbocycles. The predicted molar refractivity (Wildman–Crippen MR) is 92.3 cm³/mol. The Morgan fingerprint density at radius 1 is 1.15 bits per heavy atom. The van der Waals surface area contributed by atoms with Crippen LogP contribution in [0.2, 0.25) is 0 Å². The van der Waals surface area contributed by atoms with Crippen LogP contribution in [-0.2, 0) is 13.0 Å². The van der Waals surface area contributed by atoms with Gasteiger partial charge in [-0.05, 0) is 31.6 Å². The SMILES string of the molecule is CC(C)CCc1cnnn1CCCCCCC(C)SS. The summed E-state index contributed by atoms with van der Waals surface area (Å²) in [4.78, 5) is 0. The lowest BCUT2D eigenvalue weighted by Crippen LogP contribution is -2.06. The smallest absolute Gasteiger partial charge is 0.0725 e. The van der Waals surface area contributed by atoms with E-state index in [4.69, 9.17) is 0 Å². The van der Waals surface area contributed by atoms with E-state index >= 15 is 0 Å². The van der Waals surface area contributed by atoms with E-state index < -0.39 is 0 Å². The molecule has 0 aliphatic carbocycles. The lowest BCUT2D eigenvalue weighted by atomic mass is 10.1. The first-order valence-electron chi connectivity index (χ1n) is 7.81. The molecule has 0 aromatic carbocycles. The highest BCUT2D eigenvalue weighted by molar-refractivity contribution is 8.68. The van der Waals surface area contributed by atoms with Crippen molar-refractivity contribution in [2.75, 3.05) is 0 Å². The van der Waals surface area contributed by atoms with Crippen molar-refractivity contribution in [1.29, 1.82) is 0 Å². The second-order valence-corrected chi connectivity index (χ2v) is 7.65. The molecule has 1 aromatic rings. The third-order valence-corrected chi connectivity index (χ3v) is 5.26. The topological polar surface area (TPSA) is 30.7 Å². The third-order valence-electron chi connectivity index (χ3n) is 3.59. The van der Waals surface area contributed by atoms with Gasteiger partial charge < -0.3 is 0 Å². The van der Waals surface area contributed by atoms with E-state index in [1.54, 1.807) is 10.8 Å². The molecule has 0 aliphatic rings. The number of aromatic nitrogens is 3. The molecule has 1 rings (SSSR count). The number of rotatable bonds is 11. The molecule has 0 spiro atoms. The Bertz CT molecular complexity index is 353. The minimum Gasteiger partial charge on any atom is -0.249 e. The van der Waals surface area contributed by atoms with Gasteiger partial charge in [-0.15, -0.1) is 16.8 Å². The van der Waals surface area contributed by atoms with Crippen LogP contribution in [0.15, 0.2) is 6.20 Å². The zero-order valence-electron chi connectivity index (χ0n) is 13.1. The Hall–Kier alpha value is -0.160. The Morgan fingerprint density at radius 2 is 1.90 bits per heavy atom. The first-order chi connectivity index (χ1) is 9.63. The van der Waals surface area contributed by atoms with Crippen LogP contribution in [0, 0.1) is 5.92 Å². The van der Waals surface area contributed by atoms with E-state index in [1.807, 2.05) is 6.20 Å². The van der Waals surface area contributed by atoms with Crippen molar-refractivity contribution >= 4 is 22.5 Å². The highest BCUT2D eigenvalue weighted by Gasteiger charge is 2.05. The summed E-state index contributed by atoms with van der Waals surface area (Å²) in [5, 5.41) is 8.93. The van der Waals surface area contributed by atoms with Gasteiger partial charge in [0.1, 0.15) is 0 Å². The summed E-state index contributed by atoms with van der Waals surface area (Å²) in [5.41, 5.74) is 1.29. The van der Waals surface area contributed by atoms with Crippen LogP contribution in [0.3, 0.4) is 0 Å². The van der Waals surface area contributed by atoms with Gasteiger partial charge in [-0.3, -0.25) is 0 Å². The fourth-order valence-electron chi connectivity index (χ4n) is 2.20. The summed E-state index contributed by atoms with van der Waals surface area (Å²) in [6.07, 6.45) is 10.6. The molecular weight excluding hydrogens is 286 g/mol. The van der Waals surface area contributed by atoms with Crippen LogP contribution in [-0.4, -0.2) is 20.2 Å². The first-order valence-corrected chi connectivity index (χ1v) is 9.74. The number of nitrogens with zero attached hydrogens (tertiary/aromatic N) is 3. The van der Waals surface area contributed by atoms with Crippen molar-refractivity contribution in [2.45, 2.75) is 77.5 Å². The number of hydrogen-bond acceptors (Lipinski definition) is 4.